The zero-order valence-corrected chi connectivity index (χ0v) is 11.0. The van der Waals surface area contributed by atoms with Gasteiger partial charge in [-0.3, -0.25) is 10.1 Å². The maximum Gasteiger partial charge on any atom is 0.301 e. The van der Waals surface area contributed by atoms with Crippen molar-refractivity contribution in [1.82, 2.24) is 4.98 Å². The van der Waals surface area contributed by atoms with Gasteiger partial charge in [0.1, 0.15) is 6.26 Å². The summed E-state index contributed by atoms with van der Waals surface area (Å²) in [6.45, 7) is 3.67. The summed E-state index contributed by atoms with van der Waals surface area (Å²) < 4.78 is 5.93. The first-order valence-electron chi connectivity index (χ1n) is 5.06. The second-order valence-corrected chi connectivity index (χ2v) is 4.62. The fourth-order valence-corrected chi connectivity index (χ4v) is 1.78. The first-order chi connectivity index (χ1) is 8.06. The molecule has 0 aliphatic heterocycles. The van der Waals surface area contributed by atoms with E-state index in [1.165, 1.54) is 6.26 Å². The number of rotatable bonds is 2. The zero-order valence-electron chi connectivity index (χ0n) is 9.45. The van der Waals surface area contributed by atoms with Gasteiger partial charge in [0.05, 0.1) is 5.69 Å². The van der Waals surface area contributed by atoms with Crippen LogP contribution in [0.2, 0.25) is 0 Å². The van der Waals surface area contributed by atoms with Gasteiger partial charge in [-0.15, -0.1) is 0 Å². The SMILES string of the molecule is Cc1coc(NC(=O)c2cc(Br)ccc2C)n1. The minimum Gasteiger partial charge on any atom is -0.432 e. The van der Waals surface area contributed by atoms with E-state index in [-0.39, 0.29) is 11.9 Å². The van der Waals surface area contributed by atoms with Crippen LogP contribution in [0.25, 0.3) is 0 Å². The van der Waals surface area contributed by atoms with Gasteiger partial charge in [0.25, 0.3) is 5.91 Å². The molecule has 88 valence electrons. The molecule has 0 atom stereocenters. The molecule has 2 rings (SSSR count). The van der Waals surface area contributed by atoms with E-state index in [0.29, 0.717) is 5.56 Å². The first-order valence-corrected chi connectivity index (χ1v) is 5.85. The molecule has 0 radical (unpaired) electrons. The number of nitrogens with zero attached hydrogens (tertiary/aromatic N) is 1. The number of oxazole rings is 1. The summed E-state index contributed by atoms with van der Waals surface area (Å²) in [5, 5.41) is 2.61. The second kappa shape index (κ2) is 4.71. The summed E-state index contributed by atoms with van der Waals surface area (Å²) in [6.07, 6.45) is 1.49. The van der Waals surface area contributed by atoms with Gasteiger partial charge in [-0.1, -0.05) is 22.0 Å². The quantitative estimate of drug-likeness (QED) is 0.924. The number of benzene rings is 1. The normalized spacial score (nSPS) is 10.3. The van der Waals surface area contributed by atoms with Gasteiger partial charge in [-0.25, -0.2) is 0 Å². The summed E-state index contributed by atoms with van der Waals surface area (Å²) >= 11 is 3.34. The molecular weight excluding hydrogens is 284 g/mol. The monoisotopic (exact) mass is 294 g/mol. The van der Waals surface area contributed by atoms with E-state index in [9.17, 15) is 4.79 Å². The molecule has 1 amide bonds. The maximum absolute atomic E-state index is 12.0. The molecule has 0 saturated heterocycles. The Balaban J connectivity index is 2.22. The largest absolute Gasteiger partial charge is 0.432 e. The van der Waals surface area contributed by atoms with Crippen molar-refractivity contribution in [3.05, 3.63) is 45.8 Å². The van der Waals surface area contributed by atoms with E-state index in [4.69, 9.17) is 4.42 Å². The summed E-state index contributed by atoms with van der Waals surface area (Å²) in [4.78, 5) is 16.0. The number of amides is 1. The van der Waals surface area contributed by atoms with Crippen LogP contribution in [0.3, 0.4) is 0 Å². The predicted molar refractivity (Wildman–Crippen MR) is 68.1 cm³/mol. The van der Waals surface area contributed by atoms with Crippen molar-refractivity contribution in [2.75, 3.05) is 5.32 Å². The number of hydrogen-bond donors (Lipinski definition) is 1. The molecule has 1 N–H and O–H groups in total. The number of hydrogen-bond acceptors (Lipinski definition) is 3. The average molecular weight is 295 g/mol. The number of aryl methyl sites for hydroxylation is 2. The Bertz CT molecular complexity index is 563. The van der Waals surface area contributed by atoms with Crippen molar-refractivity contribution >= 4 is 27.9 Å². The lowest BCUT2D eigenvalue weighted by molar-refractivity contribution is 0.102. The van der Waals surface area contributed by atoms with Gasteiger partial charge in [0, 0.05) is 10.0 Å². The standard InChI is InChI=1S/C12H11BrN2O2/c1-7-3-4-9(13)5-10(7)11(16)15-12-14-8(2)6-17-12/h3-6H,1-2H3,(H,14,15,16). The molecule has 0 aliphatic rings. The van der Waals surface area contributed by atoms with Gasteiger partial charge in [-0.2, -0.15) is 4.98 Å². The highest BCUT2D eigenvalue weighted by atomic mass is 79.9. The van der Waals surface area contributed by atoms with Gasteiger partial charge < -0.3 is 4.42 Å². The van der Waals surface area contributed by atoms with Crippen molar-refractivity contribution in [2.45, 2.75) is 13.8 Å². The lowest BCUT2D eigenvalue weighted by atomic mass is 10.1. The summed E-state index contributed by atoms with van der Waals surface area (Å²) in [7, 11) is 0. The number of aromatic nitrogens is 1. The van der Waals surface area contributed by atoms with Crippen LogP contribution in [-0.4, -0.2) is 10.9 Å². The molecule has 0 spiro atoms. The van der Waals surface area contributed by atoms with Crippen LogP contribution in [0.4, 0.5) is 6.01 Å². The smallest absolute Gasteiger partial charge is 0.301 e. The Morgan fingerprint density at radius 3 is 2.82 bits per heavy atom. The number of anilines is 1. The molecule has 0 fully saturated rings. The number of nitrogens with one attached hydrogen (secondary N) is 1. The molecule has 1 aromatic heterocycles. The lowest BCUT2D eigenvalue weighted by Crippen LogP contribution is -2.13. The third kappa shape index (κ3) is 2.74. The Morgan fingerprint density at radius 2 is 2.18 bits per heavy atom. The van der Waals surface area contributed by atoms with Crippen molar-refractivity contribution in [3.8, 4) is 0 Å². The molecule has 2 aromatic rings. The summed E-state index contributed by atoms with van der Waals surface area (Å²) in [5.41, 5.74) is 2.22. The molecule has 0 saturated carbocycles. The molecule has 17 heavy (non-hydrogen) atoms. The minimum atomic E-state index is -0.231. The minimum absolute atomic E-state index is 0.215. The summed E-state index contributed by atoms with van der Waals surface area (Å²) in [6, 6.07) is 5.74. The maximum atomic E-state index is 12.0. The molecular formula is C12H11BrN2O2. The van der Waals surface area contributed by atoms with Crippen LogP contribution >= 0.6 is 15.9 Å². The second-order valence-electron chi connectivity index (χ2n) is 3.71. The van der Waals surface area contributed by atoms with E-state index in [0.717, 1.165) is 15.7 Å². The third-order valence-corrected chi connectivity index (χ3v) is 2.78. The predicted octanol–water partition coefficient (Wildman–Crippen LogP) is 3.31. The van der Waals surface area contributed by atoms with Crippen molar-refractivity contribution in [2.24, 2.45) is 0 Å². The van der Waals surface area contributed by atoms with Gasteiger partial charge in [-0.05, 0) is 31.5 Å². The molecule has 0 aliphatic carbocycles. The fraction of sp³-hybridized carbons (Fsp3) is 0.167. The molecule has 1 aromatic carbocycles. The van der Waals surface area contributed by atoms with E-state index in [1.54, 1.807) is 13.0 Å². The van der Waals surface area contributed by atoms with Gasteiger partial charge >= 0.3 is 6.01 Å². The highest BCUT2D eigenvalue weighted by molar-refractivity contribution is 9.10. The molecule has 0 bridgehead atoms. The van der Waals surface area contributed by atoms with Crippen LogP contribution in [-0.2, 0) is 0 Å². The van der Waals surface area contributed by atoms with E-state index in [1.807, 2.05) is 19.1 Å². The fourth-order valence-electron chi connectivity index (χ4n) is 1.41. The van der Waals surface area contributed by atoms with Crippen molar-refractivity contribution < 1.29 is 9.21 Å². The van der Waals surface area contributed by atoms with Crippen LogP contribution in [0.15, 0.2) is 33.4 Å². The Labute approximate surface area is 107 Å². The van der Waals surface area contributed by atoms with Crippen LogP contribution in [0, 0.1) is 13.8 Å². The molecule has 4 nitrogen and oxygen atoms in total. The average Bonchev–Trinajstić information content (AvgIpc) is 2.67. The van der Waals surface area contributed by atoms with Crippen LogP contribution in [0.1, 0.15) is 21.6 Å². The van der Waals surface area contributed by atoms with Gasteiger partial charge in [0.15, 0.2) is 0 Å². The van der Waals surface area contributed by atoms with Crippen molar-refractivity contribution in [3.63, 3.8) is 0 Å². The Kier molecular flexibility index (Phi) is 3.28. The van der Waals surface area contributed by atoms with E-state index >= 15 is 0 Å². The molecule has 5 heteroatoms. The van der Waals surface area contributed by atoms with Crippen LogP contribution < -0.4 is 5.32 Å². The zero-order chi connectivity index (χ0) is 12.4. The highest BCUT2D eigenvalue weighted by Gasteiger charge is 2.12. The third-order valence-electron chi connectivity index (χ3n) is 2.28. The Hall–Kier alpha value is -1.62. The number of carbonyl (C=O) groups is 1. The van der Waals surface area contributed by atoms with E-state index in [2.05, 4.69) is 26.2 Å². The highest BCUT2D eigenvalue weighted by Crippen LogP contribution is 2.17. The molecule has 0 unspecified atom stereocenters. The van der Waals surface area contributed by atoms with Gasteiger partial charge in [0.2, 0.25) is 0 Å². The van der Waals surface area contributed by atoms with Crippen molar-refractivity contribution in [1.29, 1.82) is 0 Å². The number of carbonyl (C=O) groups excluding carboxylic acids is 1. The lowest BCUT2D eigenvalue weighted by Gasteiger charge is -2.05. The Morgan fingerprint density at radius 1 is 1.41 bits per heavy atom. The van der Waals surface area contributed by atoms with E-state index < -0.39 is 0 Å². The van der Waals surface area contributed by atoms with Crippen LogP contribution in [0.5, 0.6) is 0 Å². The topological polar surface area (TPSA) is 55.1 Å². The summed E-state index contributed by atoms with van der Waals surface area (Å²) in [5.74, 6) is -0.231. The first kappa shape index (κ1) is 11.9. The molecule has 1 heterocycles. The number of halogens is 1.